The van der Waals surface area contributed by atoms with Crippen molar-refractivity contribution in [1.82, 2.24) is 15.0 Å². The van der Waals surface area contributed by atoms with E-state index in [0.717, 1.165) is 42.9 Å². The van der Waals surface area contributed by atoms with Crippen molar-refractivity contribution in [3.63, 3.8) is 0 Å². The molecule has 0 aliphatic carbocycles. The van der Waals surface area contributed by atoms with E-state index in [2.05, 4.69) is 35.7 Å². The molecule has 2 aromatic carbocycles. The van der Waals surface area contributed by atoms with Gasteiger partial charge in [0.15, 0.2) is 0 Å². The van der Waals surface area contributed by atoms with Crippen molar-refractivity contribution < 1.29 is 4.74 Å². The van der Waals surface area contributed by atoms with E-state index < -0.39 is 0 Å². The zero-order valence-electron chi connectivity index (χ0n) is 18.5. The molecule has 1 aliphatic heterocycles. The van der Waals surface area contributed by atoms with Crippen molar-refractivity contribution in [2.45, 2.75) is 39.2 Å². The van der Waals surface area contributed by atoms with Gasteiger partial charge in [-0.15, -0.1) is 0 Å². The third-order valence-corrected chi connectivity index (χ3v) is 4.94. The first-order valence-electron chi connectivity index (χ1n) is 11.1. The fraction of sp³-hybridized carbons (Fsp3) is 0.333. The van der Waals surface area contributed by atoms with Crippen LogP contribution in [0.1, 0.15) is 38.7 Å². The molecular formula is C24H29N7O. The summed E-state index contributed by atoms with van der Waals surface area (Å²) in [6.45, 7) is 5.88. The average molecular weight is 432 g/mol. The molecule has 0 unspecified atom stereocenters. The monoisotopic (exact) mass is 431 g/mol. The normalized spacial score (nSPS) is 14.0. The molecule has 8 heteroatoms. The number of hydrazone groups is 1. The number of hydrogen-bond donors (Lipinski definition) is 2. The lowest BCUT2D eigenvalue weighted by Gasteiger charge is -2.26. The molecule has 0 radical (unpaired) electrons. The van der Waals surface area contributed by atoms with Gasteiger partial charge in [0.1, 0.15) is 5.75 Å². The SMILES string of the molecule is CC(C)Oc1ccccc1/C=N\Nc1nc(Nc2ccccc2)nc(N2CCCCC2)n1. The zero-order valence-corrected chi connectivity index (χ0v) is 18.5. The van der Waals surface area contributed by atoms with Crippen LogP contribution in [0.5, 0.6) is 5.75 Å². The molecule has 4 rings (SSSR count). The Morgan fingerprint density at radius 3 is 2.41 bits per heavy atom. The van der Waals surface area contributed by atoms with E-state index in [0.29, 0.717) is 17.8 Å². The molecule has 0 spiro atoms. The van der Waals surface area contributed by atoms with Gasteiger partial charge >= 0.3 is 0 Å². The smallest absolute Gasteiger partial charge is 0.250 e. The highest BCUT2D eigenvalue weighted by Gasteiger charge is 2.16. The number of nitrogens with one attached hydrogen (secondary N) is 2. The van der Waals surface area contributed by atoms with Crippen molar-refractivity contribution in [3.8, 4) is 5.75 Å². The highest BCUT2D eigenvalue weighted by molar-refractivity contribution is 5.83. The molecule has 166 valence electrons. The topological polar surface area (TPSA) is 87.6 Å². The first kappa shape index (κ1) is 21.5. The molecule has 1 aliphatic rings. The first-order chi connectivity index (χ1) is 15.7. The summed E-state index contributed by atoms with van der Waals surface area (Å²) < 4.78 is 5.86. The molecule has 32 heavy (non-hydrogen) atoms. The van der Waals surface area contributed by atoms with E-state index in [1.807, 2.05) is 68.4 Å². The van der Waals surface area contributed by atoms with Crippen LogP contribution in [0.15, 0.2) is 59.7 Å². The predicted octanol–water partition coefficient (Wildman–Crippen LogP) is 4.84. The lowest BCUT2D eigenvalue weighted by Crippen LogP contribution is -2.31. The molecule has 0 saturated carbocycles. The number of benzene rings is 2. The first-order valence-corrected chi connectivity index (χ1v) is 11.1. The Bertz CT molecular complexity index is 1030. The molecule has 0 bridgehead atoms. The Labute approximate surface area is 188 Å². The Morgan fingerprint density at radius 2 is 1.62 bits per heavy atom. The Morgan fingerprint density at radius 1 is 0.906 bits per heavy atom. The second-order valence-electron chi connectivity index (χ2n) is 7.90. The largest absolute Gasteiger partial charge is 0.490 e. The second-order valence-corrected chi connectivity index (χ2v) is 7.90. The van der Waals surface area contributed by atoms with Crippen LogP contribution in [0.2, 0.25) is 0 Å². The number of hydrogen-bond acceptors (Lipinski definition) is 8. The highest BCUT2D eigenvalue weighted by Crippen LogP contribution is 2.21. The van der Waals surface area contributed by atoms with Crippen molar-refractivity contribution in [2.75, 3.05) is 28.7 Å². The van der Waals surface area contributed by atoms with Crippen LogP contribution >= 0.6 is 0 Å². The van der Waals surface area contributed by atoms with Crippen molar-refractivity contribution in [2.24, 2.45) is 5.10 Å². The summed E-state index contributed by atoms with van der Waals surface area (Å²) in [5.41, 5.74) is 4.76. The molecule has 1 fully saturated rings. The molecular weight excluding hydrogens is 402 g/mol. The minimum atomic E-state index is 0.0831. The summed E-state index contributed by atoms with van der Waals surface area (Å²) in [4.78, 5) is 16.0. The van der Waals surface area contributed by atoms with Gasteiger partial charge < -0.3 is 15.0 Å². The number of anilines is 4. The minimum Gasteiger partial charge on any atom is -0.490 e. The van der Waals surface area contributed by atoms with Gasteiger partial charge in [-0.3, -0.25) is 0 Å². The van der Waals surface area contributed by atoms with Crippen LogP contribution in [-0.4, -0.2) is 40.4 Å². The number of para-hydroxylation sites is 2. The number of ether oxygens (including phenoxy) is 1. The van der Waals surface area contributed by atoms with Gasteiger partial charge in [-0.05, 0) is 57.4 Å². The number of rotatable bonds is 8. The van der Waals surface area contributed by atoms with Gasteiger partial charge in [-0.2, -0.15) is 20.1 Å². The number of nitrogens with zero attached hydrogens (tertiary/aromatic N) is 5. The number of piperidine rings is 1. The third-order valence-electron chi connectivity index (χ3n) is 4.94. The molecule has 0 atom stereocenters. The average Bonchev–Trinajstić information content (AvgIpc) is 2.81. The van der Waals surface area contributed by atoms with E-state index in [9.17, 15) is 0 Å². The summed E-state index contributed by atoms with van der Waals surface area (Å²) in [5, 5.41) is 7.62. The fourth-order valence-electron chi connectivity index (χ4n) is 3.46. The van der Waals surface area contributed by atoms with Gasteiger partial charge in [0.25, 0.3) is 0 Å². The van der Waals surface area contributed by atoms with Crippen LogP contribution in [0, 0.1) is 0 Å². The van der Waals surface area contributed by atoms with E-state index in [-0.39, 0.29) is 6.10 Å². The van der Waals surface area contributed by atoms with E-state index in [1.165, 1.54) is 6.42 Å². The summed E-state index contributed by atoms with van der Waals surface area (Å²) in [6, 6.07) is 17.6. The summed E-state index contributed by atoms with van der Waals surface area (Å²) in [5.74, 6) is 2.30. The van der Waals surface area contributed by atoms with E-state index in [1.54, 1.807) is 6.21 Å². The van der Waals surface area contributed by atoms with E-state index in [4.69, 9.17) is 4.74 Å². The van der Waals surface area contributed by atoms with Gasteiger partial charge in [0.05, 0.1) is 12.3 Å². The maximum atomic E-state index is 5.86. The summed E-state index contributed by atoms with van der Waals surface area (Å²) >= 11 is 0. The van der Waals surface area contributed by atoms with Crippen LogP contribution in [0.4, 0.5) is 23.5 Å². The molecule has 8 nitrogen and oxygen atoms in total. The zero-order chi connectivity index (χ0) is 22.2. The van der Waals surface area contributed by atoms with Crippen LogP contribution < -0.4 is 20.4 Å². The van der Waals surface area contributed by atoms with Crippen molar-refractivity contribution >= 4 is 29.7 Å². The van der Waals surface area contributed by atoms with Gasteiger partial charge in [-0.25, -0.2) is 5.43 Å². The van der Waals surface area contributed by atoms with Crippen molar-refractivity contribution in [1.29, 1.82) is 0 Å². The lowest BCUT2D eigenvalue weighted by atomic mass is 10.1. The van der Waals surface area contributed by atoms with Gasteiger partial charge in [0.2, 0.25) is 17.8 Å². The summed E-state index contributed by atoms with van der Waals surface area (Å²) in [7, 11) is 0. The maximum Gasteiger partial charge on any atom is 0.250 e. The Hall–Kier alpha value is -3.68. The van der Waals surface area contributed by atoms with Crippen LogP contribution in [-0.2, 0) is 0 Å². The second kappa shape index (κ2) is 10.6. The quantitative estimate of drug-likeness (QED) is 0.390. The molecule has 1 aromatic heterocycles. The van der Waals surface area contributed by atoms with Crippen LogP contribution in [0.25, 0.3) is 0 Å². The highest BCUT2D eigenvalue weighted by atomic mass is 16.5. The molecule has 3 aromatic rings. The van der Waals surface area contributed by atoms with Crippen molar-refractivity contribution in [3.05, 3.63) is 60.2 Å². The number of aromatic nitrogens is 3. The fourth-order valence-corrected chi connectivity index (χ4v) is 3.46. The van der Waals surface area contributed by atoms with Gasteiger partial charge in [0, 0.05) is 24.3 Å². The predicted molar refractivity (Wildman–Crippen MR) is 129 cm³/mol. The standard InChI is InChI=1S/C24H29N7O/c1-18(2)32-21-14-8-7-11-19(21)17-25-30-23-27-22(26-20-12-5-3-6-13-20)28-24(29-23)31-15-9-4-10-16-31/h3,5-8,11-14,17-18H,4,9-10,15-16H2,1-2H3,(H2,26,27,28,29,30)/b25-17-. The lowest BCUT2D eigenvalue weighted by molar-refractivity contribution is 0.242. The maximum absolute atomic E-state index is 5.86. The van der Waals surface area contributed by atoms with E-state index >= 15 is 0 Å². The third kappa shape index (κ3) is 5.94. The molecule has 0 amide bonds. The van der Waals surface area contributed by atoms with Gasteiger partial charge in [-0.1, -0.05) is 30.3 Å². The molecule has 2 heterocycles. The summed E-state index contributed by atoms with van der Waals surface area (Å²) in [6.07, 6.45) is 5.32. The minimum absolute atomic E-state index is 0.0831. The molecule has 1 saturated heterocycles. The molecule has 2 N–H and O–H groups in total. The van der Waals surface area contributed by atoms with Crippen LogP contribution in [0.3, 0.4) is 0 Å². The Balaban J connectivity index is 1.55. The Kier molecular flexibility index (Phi) is 7.12.